The van der Waals surface area contributed by atoms with E-state index >= 15 is 0 Å². The molecule has 1 aromatic heterocycles. The molecule has 1 saturated carbocycles. The van der Waals surface area contributed by atoms with E-state index in [0.29, 0.717) is 5.92 Å². The molecule has 2 aromatic rings. The zero-order chi connectivity index (χ0) is 25.0. The molecule has 2 fully saturated rings. The van der Waals surface area contributed by atoms with Crippen molar-refractivity contribution < 1.29 is 24.5 Å². The summed E-state index contributed by atoms with van der Waals surface area (Å²) in [6.07, 6.45) is 13.9. The van der Waals surface area contributed by atoms with Crippen LogP contribution in [0.3, 0.4) is 0 Å². The molecule has 3 N–H and O–H groups in total. The van der Waals surface area contributed by atoms with Crippen LogP contribution in [-0.4, -0.2) is 51.7 Å². The Hall–Kier alpha value is -3.39. The highest BCUT2D eigenvalue weighted by Crippen LogP contribution is 2.28. The Morgan fingerprint density at radius 3 is 2.34 bits per heavy atom. The van der Waals surface area contributed by atoms with E-state index in [2.05, 4.69) is 46.3 Å². The van der Waals surface area contributed by atoms with Gasteiger partial charge >= 0.3 is 11.9 Å². The number of carboxylic acid groups (broad SMARTS) is 2. The second-order valence-electron chi connectivity index (χ2n) is 9.11. The predicted molar refractivity (Wildman–Crippen MR) is 133 cm³/mol. The predicted octanol–water partition coefficient (Wildman–Crippen LogP) is 4.02. The van der Waals surface area contributed by atoms with Gasteiger partial charge in [0.1, 0.15) is 5.75 Å². The monoisotopic (exact) mass is 482 g/mol. The van der Waals surface area contributed by atoms with Gasteiger partial charge in [0.25, 0.3) is 5.56 Å². The number of para-hydroxylation sites is 1. The SMILES string of the molecule is O=C(O)C(=O)O.O=c1[nH]cccc1CN1CCC(/C=C/c2ccccc2OCC2CCCC2)CC1. The first-order chi connectivity index (χ1) is 16.9. The van der Waals surface area contributed by atoms with Crippen LogP contribution in [0.25, 0.3) is 6.08 Å². The second-order valence-corrected chi connectivity index (χ2v) is 9.11. The van der Waals surface area contributed by atoms with Crippen LogP contribution in [0.1, 0.15) is 49.7 Å². The van der Waals surface area contributed by atoms with Crippen LogP contribution in [-0.2, 0) is 16.1 Å². The van der Waals surface area contributed by atoms with E-state index < -0.39 is 11.9 Å². The van der Waals surface area contributed by atoms with Gasteiger partial charge < -0.3 is 19.9 Å². The minimum Gasteiger partial charge on any atom is -0.493 e. The zero-order valence-electron chi connectivity index (χ0n) is 19.9. The van der Waals surface area contributed by atoms with Crippen molar-refractivity contribution in [1.82, 2.24) is 9.88 Å². The van der Waals surface area contributed by atoms with E-state index in [-0.39, 0.29) is 5.56 Å². The zero-order valence-corrected chi connectivity index (χ0v) is 19.9. The lowest BCUT2D eigenvalue weighted by Crippen LogP contribution is -2.34. The number of pyridine rings is 1. The molecule has 2 heterocycles. The molecule has 8 heteroatoms. The fourth-order valence-electron chi connectivity index (χ4n) is 4.50. The van der Waals surface area contributed by atoms with E-state index in [4.69, 9.17) is 24.5 Å². The minimum atomic E-state index is -1.82. The van der Waals surface area contributed by atoms with Gasteiger partial charge in [0.05, 0.1) is 6.61 Å². The summed E-state index contributed by atoms with van der Waals surface area (Å²) in [7, 11) is 0. The number of hydrogen-bond donors (Lipinski definition) is 3. The Balaban J connectivity index is 0.000000509. The number of hydrogen-bond acceptors (Lipinski definition) is 5. The standard InChI is InChI=1S/C25H32N2O2.C2H2O4/c28-25-23(9-5-15-26-25)18-27-16-13-20(14-17-27)11-12-22-8-3-4-10-24(22)29-19-21-6-1-2-7-21;3-1(4)2(5)6/h3-5,8-12,15,20-21H,1-2,6-7,13-14,16-19H2,(H,26,28);(H,3,4)(H,5,6)/b12-11+;. The highest BCUT2D eigenvalue weighted by molar-refractivity contribution is 6.27. The van der Waals surface area contributed by atoms with E-state index in [9.17, 15) is 4.79 Å². The number of H-pyrrole nitrogens is 1. The Kier molecular flexibility index (Phi) is 10.1. The number of carbonyl (C=O) groups is 2. The number of likely N-dealkylation sites (tertiary alicyclic amines) is 1. The molecule has 188 valence electrons. The third-order valence-corrected chi connectivity index (χ3v) is 6.53. The molecule has 0 radical (unpaired) electrons. The fourth-order valence-corrected chi connectivity index (χ4v) is 4.50. The first kappa shape index (κ1) is 26.2. The Bertz CT molecular complexity index is 1040. The summed E-state index contributed by atoms with van der Waals surface area (Å²) in [5, 5.41) is 14.8. The van der Waals surface area contributed by atoms with Crippen molar-refractivity contribution in [3.05, 3.63) is 70.2 Å². The molecular weight excluding hydrogens is 448 g/mol. The average Bonchev–Trinajstić information content (AvgIpc) is 3.38. The second kappa shape index (κ2) is 13.5. The maximum absolute atomic E-state index is 11.9. The van der Waals surface area contributed by atoms with Crippen molar-refractivity contribution in [3.8, 4) is 5.75 Å². The van der Waals surface area contributed by atoms with Gasteiger partial charge in [-0.2, -0.15) is 0 Å². The number of allylic oxidation sites excluding steroid dienone is 1. The maximum Gasteiger partial charge on any atom is 0.414 e. The number of aromatic nitrogens is 1. The third-order valence-electron chi connectivity index (χ3n) is 6.53. The molecule has 0 amide bonds. The fraction of sp³-hybridized carbons (Fsp3) is 0.444. The molecule has 8 nitrogen and oxygen atoms in total. The van der Waals surface area contributed by atoms with Gasteiger partial charge in [0.15, 0.2) is 0 Å². The van der Waals surface area contributed by atoms with E-state index in [1.54, 1.807) is 6.20 Å². The highest BCUT2D eigenvalue weighted by atomic mass is 16.5. The van der Waals surface area contributed by atoms with E-state index in [1.165, 1.54) is 31.2 Å². The number of nitrogens with one attached hydrogen (secondary N) is 1. The molecule has 0 spiro atoms. The number of aromatic amines is 1. The van der Waals surface area contributed by atoms with Crippen LogP contribution in [0.15, 0.2) is 53.5 Å². The van der Waals surface area contributed by atoms with E-state index in [1.807, 2.05) is 12.1 Å². The van der Waals surface area contributed by atoms with Crippen molar-refractivity contribution in [3.63, 3.8) is 0 Å². The number of rotatable bonds is 7. The van der Waals surface area contributed by atoms with Crippen LogP contribution in [0, 0.1) is 11.8 Å². The topological polar surface area (TPSA) is 120 Å². The van der Waals surface area contributed by atoms with Gasteiger partial charge in [-0.05, 0) is 62.7 Å². The van der Waals surface area contributed by atoms with Gasteiger partial charge in [-0.3, -0.25) is 9.69 Å². The van der Waals surface area contributed by atoms with Gasteiger partial charge in [-0.25, -0.2) is 9.59 Å². The molecule has 2 aliphatic rings. The van der Waals surface area contributed by atoms with Crippen LogP contribution in [0.5, 0.6) is 5.75 Å². The van der Waals surface area contributed by atoms with Crippen molar-refractivity contribution >= 4 is 18.0 Å². The Morgan fingerprint density at radius 1 is 1.00 bits per heavy atom. The quantitative estimate of drug-likeness (QED) is 0.510. The van der Waals surface area contributed by atoms with Crippen LogP contribution < -0.4 is 10.3 Å². The van der Waals surface area contributed by atoms with Crippen molar-refractivity contribution in [2.24, 2.45) is 11.8 Å². The number of carboxylic acids is 2. The smallest absolute Gasteiger partial charge is 0.414 e. The number of nitrogens with zero attached hydrogens (tertiary/aromatic N) is 1. The molecule has 4 rings (SSSR count). The van der Waals surface area contributed by atoms with Gasteiger partial charge in [0.2, 0.25) is 0 Å². The van der Waals surface area contributed by atoms with Gasteiger partial charge in [0, 0.05) is 23.9 Å². The molecule has 1 aliphatic heterocycles. The van der Waals surface area contributed by atoms with Gasteiger partial charge in [-0.15, -0.1) is 0 Å². The number of benzene rings is 1. The first-order valence-electron chi connectivity index (χ1n) is 12.2. The van der Waals surface area contributed by atoms with Crippen LogP contribution in [0.4, 0.5) is 0 Å². The molecule has 0 unspecified atom stereocenters. The molecule has 0 bridgehead atoms. The molecule has 1 aliphatic carbocycles. The molecule has 1 aromatic carbocycles. The summed E-state index contributed by atoms with van der Waals surface area (Å²) in [6.45, 7) is 3.65. The lowest BCUT2D eigenvalue weighted by molar-refractivity contribution is -0.159. The lowest BCUT2D eigenvalue weighted by atomic mass is 9.95. The summed E-state index contributed by atoms with van der Waals surface area (Å²) < 4.78 is 6.16. The molecule has 1 saturated heterocycles. The summed E-state index contributed by atoms with van der Waals surface area (Å²) >= 11 is 0. The number of aliphatic carboxylic acids is 2. The summed E-state index contributed by atoms with van der Waals surface area (Å²) in [4.78, 5) is 35.2. The van der Waals surface area contributed by atoms with Crippen LogP contribution in [0.2, 0.25) is 0 Å². The number of ether oxygens (including phenoxy) is 1. The summed E-state index contributed by atoms with van der Waals surface area (Å²) in [5.41, 5.74) is 2.07. The van der Waals surface area contributed by atoms with Crippen LogP contribution >= 0.6 is 0 Å². The Morgan fingerprint density at radius 2 is 1.69 bits per heavy atom. The third kappa shape index (κ3) is 8.72. The van der Waals surface area contributed by atoms with Crippen molar-refractivity contribution in [1.29, 1.82) is 0 Å². The molecule has 0 atom stereocenters. The molecular formula is C27H34N2O6. The highest BCUT2D eigenvalue weighted by Gasteiger charge is 2.19. The van der Waals surface area contributed by atoms with Crippen molar-refractivity contribution in [2.75, 3.05) is 19.7 Å². The maximum atomic E-state index is 11.9. The average molecular weight is 483 g/mol. The minimum absolute atomic E-state index is 0.0312. The number of piperidine rings is 1. The lowest BCUT2D eigenvalue weighted by Gasteiger charge is -2.30. The summed E-state index contributed by atoms with van der Waals surface area (Å²) in [5.74, 6) is -1.32. The largest absolute Gasteiger partial charge is 0.493 e. The van der Waals surface area contributed by atoms with E-state index in [0.717, 1.165) is 56.3 Å². The molecule has 35 heavy (non-hydrogen) atoms. The van der Waals surface area contributed by atoms with Gasteiger partial charge in [-0.1, -0.05) is 49.3 Å². The van der Waals surface area contributed by atoms with Crippen molar-refractivity contribution in [2.45, 2.75) is 45.1 Å². The summed E-state index contributed by atoms with van der Waals surface area (Å²) in [6, 6.07) is 12.2. The normalized spacial score (nSPS) is 17.1. The first-order valence-corrected chi connectivity index (χ1v) is 12.2. The Labute approximate surface area is 205 Å².